The molecule has 1 aromatic rings. The summed E-state index contributed by atoms with van der Waals surface area (Å²) < 4.78 is 5.75. The summed E-state index contributed by atoms with van der Waals surface area (Å²) in [7, 11) is 0. The van der Waals surface area contributed by atoms with E-state index in [-0.39, 0.29) is 24.4 Å². The number of carbonyl (C=O) groups excluding carboxylic acids is 2. The van der Waals surface area contributed by atoms with Crippen LogP contribution in [0.2, 0.25) is 0 Å². The van der Waals surface area contributed by atoms with Crippen LogP contribution in [0, 0.1) is 0 Å². The maximum Gasteiger partial charge on any atom is 0.242 e. The number of carbonyl (C=O) groups is 2. The first-order chi connectivity index (χ1) is 13.2. The van der Waals surface area contributed by atoms with E-state index in [1.165, 1.54) is 5.56 Å². The summed E-state index contributed by atoms with van der Waals surface area (Å²) in [6.45, 7) is 3.28. The molecule has 27 heavy (non-hydrogen) atoms. The Bertz CT molecular complexity index is 631. The molecule has 0 bridgehead atoms. The molecule has 1 aromatic carbocycles. The SMILES string of the molecule is O=C(CN1C(=O)CCC1CCCOCc1ccccc1)N1CC[C@@H](PI)C1. The molecule has 0 aromatic heterocycles. The van der Waals surface area contributed by atoms with Crippen LogP contribution in [0.1, 0.15) is 37.7 Å². The van der Waals surface area contributed by atoms with Gasteiger partial charge in [-0.05, 0) is 31.2 Å². The molecule has 2 aliphatic rings. The number of likely N-dealkylation sites (tertiary alicyclic amines) is 2. The lowest BCUT2D eigenvalue weighted by Crippen LogP contribution is -2.43. The molecule has 0 aliphatic carbocycles. The molecule has 148 valence electrons. The number of nitrogens with zero attached hydrogens (tertiary/aromatic N) is 2. The van der Waals surface area contributed by atoms with E-state index in [0.717, 1.165) is 45.0 Å². The highest BCUT2D eigenvalue weighted by Gasteiger charge is 2.34. The van der Waals surface area contributed by atoms with Gasteiger partial charge in [0.2, 0.25) is 11.8 Å². The summed E-state index contributed by atoms with van der Waals surface area (Å²) in [5.74, 6) is 0.248. The molecular weight excluding hydrogens is 474 g/mol. The topological polar surface area (TPSA) is 49.9 Å². The van der Waals surface area contributed by atoms with Gasteiger partial charge in [0.1, 0.15) is 0 Å². The van der Waals surface area contributed by atoms with Gasteiger partial charge < -0.3 is 14.5 Å². The highest BCUT2D eigenvalue weighted by Crippen LogP contribution is 2.34. The number of hydrogen-bond acceptors (Lipinski definition) is 3. The van der Waals surface area contributed by atoms with Crippen molar-refractivity contribution in [1.82, 2.24) is 9.80 Å². The highest BCUT2D eigenvalue weighted by molar-refractivity contribution is 14.2. The van der Waals surface area contributed by atoms with Crippen molar-refractivity contribution >= 4 is 40.1 Å². The van der Waals surface area contributed by atoms with Crippen LogP contribution < -0.4 is 0 Å². The van der Waals surface area contributed by atoms with Crippen molar-refractivity contribution in [3.63, 3.8) is 0 Å². The smallest absolute Gasteiger partial charge is 0.242 e. The summed E-state index contributed by atoms with van der Waals surface area (Å²) in [5, 5.41) is 0. The third kappa shape index (κ3) is 6.13. The van der Waals surface area contributed by atoms with Crippen LogP contribution in [0.15, 0.2) is 30.3 Å². The largest absolute Gasteiger partial charge is 0.377 e. The molecule has 2 unspecified atom stereocenters. The number of hydrogen-bond donors (Lipinski definition) is 0. The number of amides is 2. The van der Waals surface area contributed by atoms with E-state index < -0.39 is 0 Å². The van der Waals surface area contributed by atoms with E-state index >= 15 is 0 Å². The number of benzene rings is 1. The molecular formula is C20H28IN2O3P. The van der Waals surface area contributed by atoms with Gasteiger partial charge in [-0.25, -0.2) is 0 Å². The lowest BCUT2D eigenvalue weighted by molar-refractivity contribution is -0.139. The van der Waals surface area contributed by atoms with Crippen LogP contribution >= 0.6 is 28.3 Å². The van der Waals surface area contributed by atoms with E-state index in [4.69, 9.17) is 4.74 Å². The first kappa shape index (κ1) is 21.0. The Morgan fingerprint density at radius 3 is 2.81 bits per heavy atom. The van der Waals surface area contributed by atoms with Gasteiger partial charge >= 0.3 is 0 Å². The second-order valence-electron chi connectivity index (χ2n) is 7.33. The molecule has 3 rings (SSSR count). The van der Waals surface area contributed by atoms with E-state index in [9.17, 15) is 9.59 Å². The summed E-state index contributed by atoms with van der Waals surface area (Å²) in [6.07, 6.45) is 5.22. The van der Waals surface area contributed by atoms with Crippen LogP contribution in [-0.2, 0) is 20.9 Å². The molecule has 2 heterocycles. The Kier molecular flexibility index (Phi) is 8.34. The lowest BCUT2D eigenvalue weighted by Gasteiger charge is -2.27. The maximum absolute atomic E-state index is 12.6. The van der Waals surface area contributed by atoms with Gasteiger partial charge in [0.05, 0.1) is 13.2 Å². The number of halogens is 1. The molecule has 0 spiro atoms. The van der Waals surface area contributed by atoms with Gasteiger partial charge in [0.15, 0.2) is 0 Å². The second-order valence-corrected chi connectivity index (χ2v) is 10.2. The van der Waals surface area contributed by atoms with Gasteiger partial charge in [0, 0.05) is 37.8 Å². The van der Waals surface area contributed by atoms with Crippen LogP contribution in [-0.4, -0.2) is 59.6 Å². The molecule has 7 heteroatoms. The first-order valence-electron chi connectivity index (χ1n) is 9.72. The van der Waals surface area contributed by atoms with Crippen LogP contribution in [0.3, 0.4) is 0 Å². The summed E-state index contributed by atoms with van der Waals surface area (Å²) in [4.78, 5) is 28.6. The van der Waals surface area contributed by atoms with Crippen molar-refractivity contribution in [1.29, 1.82) is 0 Å². The molecule has 5 nitrogen and oxygen atoms in total. The van der Waals surface area contributed by atoms with E-state index in [2.05, 4.69) is 34.2 Å². The highest BCUT2D eigenvalue weighted by atomic mass is 127. The molecule has 2 aliphatic heterocycles. The van der Waals surface area contributed by atoms with Crippen LogP contribution in [0.4, 0.5) is 0 Å². The Labute approximate surface area is 176 Å². The molecule has 3 atom stereocenters. The van der Waals surface area contributed by atoms with E-state index in [0.29, 0.717) is 25.3 Å². The normalized spacial score (nSPS) is 23.1. The predicted octanol–water partition coefficient (Wildman–Crippen LogP) is 3.60. The Balaban J connectivity index is 1.39. The molecule has 0 N–H and O–H groups in total. The van der Waals surface area contributed by atoms with Gasteiger partial charge in [-0.2, -0.15) is 0 Å². The van der Waals surface area contributed by atoms with Crippen molar-refractivity contribution in [3.05, 3.63) is 35.9 Å². The quantitative estimate of drug-likeness (QED) is 0.295. The standard InChI is InChI=1S/C20H28IN2O3P/c21-27-18-10-11-22(13-18)20(25)14-23-17(8-9-19(23)24)7-4-12-26-15-16-5-2-1-3-6-16/h1-3,5-6,17-18,27H,4,7-15H2/t17?,18-/m1/s1. The minimum atomic E-state index is 0.118. The van der Waals surface area contributed by atoms with Gasteiger partial charge in [-0.3, -0.25) is 9.59 Å². The Morgan fingerprint density at radius 1 is 1.26 bits per heavy atom. The fourth-order valence-electron chi connectivity index (χ4n) is 3.82. The number of rotatable bonds is 9. The number of ether oxygens (including phenoxy) is 1. The van der Waals surface area contributed by atoms with Crippen LogP contribution in [0.5, 0.6) is 0 Å². The summed E-state index contributed by atoms with van der Waals surface area (Å²) >= 11 is 2.42. The lowest BCUT2D eigenvalue weighted by atomic mass is 10.1. The van der Waals surface area contributed by atoms with Gasteiger partial charge in [-0.1, -0.05) is 58.6 Å². The molecule has 2 saturated heterocycles. The van der Waals surface area contributed by atoms with E-state index in [1.54, 1.807) is 0 Å². The Hall–Kier alpha value is -0.720. The summed E-state index contributed by atoms with van der Waals surface area (Å²) in [6, 6.07) is 10.3. The second kappa shape index (κ2) is 10.7. The monoisotopic (exact) mass is 502 g/mol. The van der Waals surface area contributed by atoms with Gasteiger partial charge in [-0.15, -0.1) is 0 Å². The fourth-order valence-corrected chi connectivity index (χ4v) is 5.87. The van der Waals surface area contributed by atoms with Crippen molar-refractivity contribution in [3.8, 4) is 0 Å². The molecule has 2 fully saturated rings. The van der Waals surface area contributed by atoms with Crippen molar-refractivity contribution in [2.24, 2.45) is 0 Å². The molecule has 2 amide bonds. The van der Waals surface area contributed by atoms with Gasteiger partial charge in [0.25, 0.3) is 0 Å². The average Bonchev–Trinajstić information content (AvgIpc) is 3.30. The van der Waals surface area contributed by atoms with E-state index in [1.807, 2.05) is 28.0 Å². The molecule has 0 saturated carbocycles. The first-order valence-corrected chi connectivity index (χ1v) is 13.9. The minimum Gasteiger partial charge on any atom is -0.377 e. The van der Waals surface area contributed by atoms with Crippen LogP contribution in [0.25, 0.3) is 0 Å². The zero-order valence-corrected chi connectivity index (χ0v) is 18.8. The third-order valence-electron chi connectivity index (χ3n) is 5.39. The zero-order valence-electron chi connectivity index (χ0n) is 15.6. The fraction of sp³-hybridized carbons (Fsp3) is 0.600. The zero-order chi connectivity index (χ0) is 19.1. The average molecular weight is 502 g/mol. The predicted molar refractivity (Wildman–Crippen MR) is 117 cm³/mol. The minimum absolute atomic E-state index is 0.118. The summed E-state index contributed by atoms with van der Waals surface area (Å²) in [5.41, 5.74) is 1.82. The van der Waals surface area contributed by atoms with Crippen molar-refractivity contribution < 1.29 is 14.3 Å². The maximum atomic E-state index is 12.6. The van der Waals surface area contributed by atoms with Crippen molar-refractivity contribution in [2.45, 2.75) is 50.4 Å². The Morgan fingerprint density at radius 2 is 2.07 bits per heavy atom. The third-order valence-corrected chi connectivity index (χ3v) is 8.81. The van der Waals surface area contributed by atoms with Crippen molar-refractivity contribution in [2.75, 3.05) is 26.2 Å². The molecule has 0 radical (unpaired) electrons.